The van der Waals surface area contributed by atoms with Crippen LogP contribution in [-0.4, -0.2) is 37.9 Å². The van der Waals surface area contributed by atoms with Crippen LogP contribution in [0.15, 0.2) is 53.7 Å². The van der Waals surface area contributed by atoms with Gasteiger partial charge in [-0.25, -0.2) is 0 Å². The van der Waals surface area contributed by atoms with Crippen LogP contribution in [-0.2, 0) is 10.4 Å². The van der Waals surface area contributed by atoms with E-state index in [4.69, 9.17) is 21.2 Å². The Morgan fingerprint density at radius 1 is 1.24 bits per heavy atom. The van der Waals surface area contributed by atoms with Gasteiger partial charge in [-0.15, -0.1) is 0 Å². The van der Waals surface area contributed by atoms with Crippen LogP contribution in [0.2, 0.25) is 5.02 Å². The van der Waals surface area contributed by atoms with Crippen LogP contribution >= 0.6 is 11.6 Å². The van der Waals surface area contributed by atoms with E-state index in [9.17, 15) is 0 Å². The first kappa shape index (κ1) is 16.4. The summed E-state index contributed by atoms with van der Waals surface area (Å²) in [6.45, 7) is 1.39. The minimum Gasteiger partial charge on any atom is -0.481 e. The Bertz CT molecular complexity index is 807. The van der Waals surface area contributed by atoms with Crippen molar-refractivity contribution in [3.05, 3.63) is 64.7 Å². The monoisotopic (exact) mass is 356 g/mol. The first-order valence-electron chi connectivity index (χ1n) is 8.49. The molecule has 0 spiro atoms. The SMILES string of the molecule is CN(C)CCON=C1c2ccc(Cl)cc2OC2(c3ccccc3)CC12. The normalized spacial score (nSPS) is 25.3. The number of benzene rings is 2. The molecule has 4 rings (SSSR count). The zero-order valence-electron chi connectivity index (χ0n) is 14.4. The van der Waals surface area contributed by atoms with Gasteiger partial charge in [0, 0.05) is 23.6 Å². The molecule has 2 aromatic rings. The number of nitrogens with zero attached hydrogens (tertiary/aromatic N) is 2. The van der Waals surface area contributed by atoms with E-state index in [0.29, 0.717) is 11.6 Å². The summed E-state index contributed by atoms with van der Waals surface area (Å²) in [6, 6.07) is 16.0. The smallest absolute Gasteiger partial charge is 0.143 e. The number of rotatable bonds is 5. The minimum absolute atomic E-state index is 0.211. The minimum atomic E-state index is -0.345. The summed E-state index contributed by atoms with van der Waals surface area (Å²) in [5.74, 6) is 0.989. The van der Waals surface area contributed by atoms with Gasteiger partial charge in [0.15, 0.2) is 0 Å². The molecular weight excluding hydrogens is 336 g/mol. The molecule has 0 saturated heterocycles. The van der Waals surface area contributed by atoms with Gasteiger partial charge in [-0.3, -0.25) is 0 Å². The molecule has 1 aliphatic carbocycles. The number of hydrogen-bond donors (Lipinski definition) is 0. The molecule has 25 heavy (non-hydrogen) atoms. The van der Waals surface area contributed by atoms with E-state index < -0.39 is 0 Å². The van der Waals surface area contributed by atoms with E-state index in [0.717, 1.165) is 30.0 Å². The van der Waals surface area contributed by atoms with Crippen molar-refractivity contribution in [3.8, 4) is 5.75 Å². The summed E-state index contributed by atoms with van der Waals surface area (Å²) < 4.78 is 6.41. The lowest BCUT2D eigenvalue weighted by Gasteiger charge is -2.27. The third kappa shape index (κ3) is 3.00. The second kappa shape index (κ2) is 6.36. The van der Waals surface area contributed by atoms with Crippen molar-refractivity contribution in [3.63, 3.8) is 0 Å². The summed E-state index contributed by atoms with van der Waals surface area (Å²) >= 11 is 6.18. The van der Waals surface area contributed by atoms with Crippen molar-refractivity contribution in [2.45, 2.75) is 12.0 Å². The lowest BCUT2D eigenvalue weighted by atomic mass is 9.96. The largest absolute Gasteiger partial charge is 0.481 e. The van der Waals surface area contributed by atoms with Crippen molar-refractivity contribution in [1.29, 1.82) is 0 Å². The Morgan fingerprint density at radius 2 is 2.04 bits per heavy atom. The van der Waals surface area contributed by atoms with Gasteiger partial charge >= 0.3 is 0 Å². The van der Waals surface area contributed by atoms with E-state index in [1.54, 1.807) is 0 Å². The molecule has 0 bridgehead atoms. The molecule has 0 amide bonds. The quantitative estimate of drug-likeness (QED) is 0.601. The predicted molar refractivity (Wildman–Crippen MR) is 99.4 cm³/mol. The second-order valence-electron chi connectivity index (χ2n) is 6.87. The summed E-state index contributed by atoms with van der Waals surface area (Å²) in [5.41, 5.74) is 2.76. The maximum Gasteiger partial charge on any atom is 0.143 e. The molecule has 1 aliphatic heterocycles. The molecule has 2 aromatic carbocycles. The fraction of sp³-hybridized carbons (Fsp3) is 0.350. The molecule has 4 nitrogen and oxygen atoms in total. The highest BCUT2D eigenvalue weighted by molar-refractivity contribution is 6.31. The Balaban J connectivity index is 1.68. The highest BCUT2D eigenvalue weighted by atomic mass is 35.5. The fourth-order valence-electron chi connectivity index (χ4n) is 3.40. The molecule has 0 radical (unpaired) electrons. The molecule has 0 aromatic heterocycles. The van der Waals surface area contributed by atoms with Gasteiger partial charge in [0.2, 0.25) is 0 Å². The first-order chi connectivity index (χ1) is 12.1. The van der Waals surface area contributed by atoms with Crippen molar-refractivity contribution >= 4 is 17.3 Å². The maximum absolute atomic E-state index is 6.41. The van der Waals surface area contributed by atoms with Crippen molar-refractivity contribution in [1.82, 2.24) is 4.90 Å². The van der Waals surface area contributed by atoms with Gasteiger partial charge in [-0.2, -0.15) is 0 Å². The number of likely N-dealkylation sites (N-methyl/N-ethyl adjacent to an activating group) is 1. The van der Waals surface area contributed by atoms with Crippen LogP contribution in [0.4, 0.5) is 0 Å². The summed E-state index contributed by atoms with van der Waals surface area (Å²) in [6.07, 6.45) is 0.902. The molecule has 1 heterocycles. The van der Waals surface area contributed by atoms with E-state index in [1.807, 2.05) is 50.5 Å². The fourth-order valence-corrected chi connectivity index (χ4v) is 3.56. The summed E-state index contributed by atoms with van der Waals surface area (Å²) in [4.78, 5) is 7.68. The van der Waals surface area contributed by atoms with Crippen LogP contribution < -0.4 is 4.74 Å². The number of oxime groups is 1. The highest BCUT2D eigenvalue weighted by Crippen LogP contribution is 2.60. The third-order valence-corrected chi connectivity index (χ3v) is 5.04. The second-order valence-corrected chi connectivity index (χ2v) is 7.30. The van der Waals surface area contributed by atoms with E-state index in [-0.39, 0.29) is 11.5 Å². The number of ether oxygens (including phenoxy) is 1. The highest BCUT2D eigenvalue weighted by Gasteiger charge is 2.64. The molecule has 1 saturated carbocycles. The topological polar surface area (TPSA) is 34.1 Å². The molecule has 130 valence electrons. The van der Waals surface area contributed by atoms with Crippen LogP contribution in [0.25, 0.3) is 0 Å². The lowest BCUT2D eigenvalue weighted by molar-refractivity contribution is 0.121. The Labute approximate surface area is 153 Å². The van der Waals surface area contributed by atoms with E-state index >= 15 is 0 Å². The van der Waals surface area contributed by atoms with Gasteiger partial charge in [0.05, 0.1) is 11.6 Å². The predicted octanol–water partition coefficient (Wildman–Crippen LogP) is 3.93. The van der Waals surface area contributed by atoms with Gasteiger partial charge in [0.25, 0.3) is 0 Å². The number of halogens is 1. The van der Waals surface area contributed by atoms with Gasteiger partial charge in [-0.1, -0.05) is 47.1 Å². The molecule has 2 aliphatic rings. The lowest BCUT2D eigenvalue weighted by Crippen LogP contribution is -2.28. The van der Waals surface area contributed by atoms with E-state index in [1.165, 1.54) is 5.56 Å². The van der Waals surface area contributed by atoms with Gasteiger partial charge in [-0.05, 0) is 37.9 Å². The molecular formula is C20H21ClN2O2. The first-order valence-corrected chi connectivity index (χ1v) is 8.87. The van der Waals surface area contributed by atoms with Crippen LogP contribution in [0.3, 0.4) is 0 Å². The Morgan fingerprint density at radius 3 is 2.80 bits per heavy atom. The van der Waals surface area contributed by atoms with Crippen LogP contribution in [0.5, 0.6) is 5.75 Å². The Kier molecular flexibility index (Phi) is 4.18. The number of fused-ring (bicyclic) bond motifs is 2. The average molecular weight is 357 g/mol. The van der Waals surface area contributed by atoms with E-state index in [2.05, 4.69) is 22.2 Å². The van der Waals surface area contributed by atoms with Crippen molar-refractivity contribution < 1.29 is 9.57 Å². The molecule has 0 N–H and O–H groups in total. The summed E-state index contributed by atoms with van der Waals surface area (Å²) in [7, 11) is 4.03. The van der Waals surface area contributed by atoms with Gasteiger partial charge < -0.3 is 14.5 Å². The van der Waals surface area contributed by atoms with Crippen LogP contribution in [0.1, 0.15) is 17.5 Å². The van der Waals surface area contributed by atoms with Gasteiger partial charge in [0.1, 0.15) is 18.0 Å². The zero-order chi connectivity index (χ0) is 17.4. The Hall–Kier alpha value is -2.04. The third-order valence-electron chi connectivity index (χ3n) is 4.81. The zero-order valence-corrected chi connectivity index (χ0v) is 15.2. The molecule has 2 atom stereocenters. The average Bonchev–Trinajstić information content (AvgIpc) is 3.33. The van der Waals surface area contributed by atoms with Crippen LogP contribution in [0, 0.1) is 5.92 Å². The molecule has 5 heteroatoms. The van der Waals surface area contributed by atoms with Crippen molar-refractivity contribution in [2.75, 3.05) is 27.2 Å². The summed E-state index contributed by atoms with van der Waals surface area (Å²) in [5, 5.41) is 5.15. The molecule has 1 fully saturated rings. The van der Waals surface area contributed by atoms with Crippen molar-refractivity contribution in [2.24, 2.45) is 11.1 Å². The molecule has 2 unspecified atom stereocenters. The number of hydrogen-bond acceptors (Lipinski definition) is 4. The standard InChI is InChI=1S/C20H21ClN2O2/c1-23(2)10-11-24-22-19-16-9-8-15(21)12-18(16)25-20(13-17(19)20)14-6-4-3-5-7-14/h3-9,12,17H,10-11,13H2,1-2H3. The maximum atomic E-state index is 6.41.